The Morgan fingerprint density at radius 2 is 2.06 bits per heavy atom. The van der Waals surface area contributed by atoms with E-state index < -0.39 is 6.04 Å². The van der Waals surface area contributed by atoms with Crippen molar-refractivity contribution < 1.29 is 9.90 Å². The highest BCUT2D eigenvalue weighted by Gasteiger charge is 2.23. The molecule has 9 nitrogen and oxygen atoms in total. The van der Waals surface area contributed by atoms with E-state index in [9.17, 15) is 9.90 Å². The van der Waals surface area contributed by atoms with E-state index in [0.717, 1.165) is 21.7 Å². The van der Waals surface area contributed by atoms with Crippen LogP contribution in [-0.2, 0) is 5.41 Å². The lowest BCUT2D eigenvalue weighted by atomic mass is 9.98. The molecule has 1 atom stereocenters. The predicted molar refractivity (Wildman–Crippen MR) is 141 cm³/mol. The highest BCUT2D eigenvalue weighted by molar-refractivity contribution is 7.13. The van der Waals surface area contributed by atoms with Gasteiger partial charge in [-0.2, -0.15) is 0 Å². The van der Waals surface area contributed by atoms with Crippen LogP contribution in [0.1, 0.15) is 52.6 Å². The Kier molecular flexibility index (Phi) is 8.31. The Hall–Kier alpha value is -3.63. The summed E-state index contributed by atoms with van der Waals surface area (Å²) >= 11 is 1.36. The fourth-order valence-corrected chi connectivity index (χ4v) is 4.24. The molecule has 0 aliphatic rings. The minimum atomic E-state index is -0.551. The normalized spacial score (nSPS) is 13.1. The van der Waals surface area contributed by atoms with Gasteiger partial charge in [0.25, 0.3) is 5.91 Å². The van der Waals surface area contributed by atoms with E-state index in [0.29, 0.717) is 22.2 Å². The van der Waals surface area contributed by atoms with E-state index in [2.05, 4.69) is 51.3 Å². The molecule has 1 amide bonds. The lowest BCUT2D eigenvalue weighted by molar-refractivity contribution is 0.0920. The van der Waals surface area contributed by atoms with Gasteiger partial charge in [0.05, 0.1) is 35.2 Å². The number of aryl methyl sites for hydroxylation is 1. The molecule has 0 saturated heterocycles. The van der Waals surface area contributed by atoms with E-state index in [-0.39, 0.29) is 17.9 Å². The first-order valence-electron chi connectivity index (χ1n) is 11.1. The summed E-state index contributed by atoms with van der Waals surface area (Å²) in [6.45, 7) is 7.87. The fraction of sp³-hybridized carbons (Fsp3) is 0.320. The first-order valence-corrected chi connectivity index (χ1v) is 11.9. The highest BCUT2D eigenvalue weighted by atomic mass is 32.1. The third-order valence-electron chi connectivity index (χ3n) is 5.16. The molecule has 35 heavy (non-hydrogen) atoms. The van der Waals surface area contributed by atoms with Gasteiger partial charge in [0.15, 0.2) is 0 Å². The van der Waals surface area contributed by atoms with Crippen molar-refractivity contribution >= 4 is 29.4 Å². The van der Waals surface area contributed by atoms with Gasteiger partial charge in [-0.1, -0.05) is 32.9 Å². The van der Waals surface area contributed by atoms with Gasteiger partial charge in [-0.15, -0.1) is 11.3 Å². The van der Waals surface area contributed by atoms with Crippen molar-refractivity contribution in [1.29, 1.82) is 0 Å². The summed E-state index contributed by atoms with van der Waals surface area (Å²) in [5, 5.41) is 16.9. The summed E-state index contributed by atoms with van der Waals surface area (Å²) in [6.07, 6.45) is 6.21. The average molecular weight is 494 g/mol. The van der Waals surface area contributed by atoms with E-state index in [1.807, 2.05) is 25.1 Å². The molecule has 10 heteroatoms. The molecule has 3 rings (SSSR count). The number of hydrogen-bond acceptors (Lipinski definition) is 9. The van der Waals surface area contributed by atoms with Crippen LogP contribution in [0.3, 0.4) is 0 Å². The minimum Gasteiger partial charge on any atom is -0.403 e. The molecule has 3 aromatic rings. The first kappa shape index (κ1) is 26.0. The molecule has 2 aromatic heterocycles. The number of benzene rings is 1. The summed E-state index contributed by atoms with van der Waals surface area (Å²) in [5.41, 5.74) is 9.37. The Bertz CT molecular complexity index is 1240. The van der Waals surface area contributed by atoms with E-state index in [1.54, 1.807) is 31.7 Å². The van der Waals surface area contributed by atoms with Gasteiger partial charge < -0.3 is 21.5 Å². The number of carbonyl (C=O) groups excluding carboxylic acids is 1. The monoisotopic (exact) mass is 493 g/mol. The van der Waals surface area contributed by atoms with Crippen molar-refractivity contribution in [3.63, 3.8) is 0 Å². The molecule has 0 saturated carbocycles. The van der Waals surface area contributed by atoms with Crippen LogP contribution in [0.2, 0.25) is 0 Å². The quantitative estimate of drug-likeness (QED) is 0.352. The number of thiazole rings is 1. The summed E-state index contributed by atoms with van der Waals surface area (Å²) in [6, 6.07) is 7.02. The molecule has 2 heterocycles. The van der Waals surface area contributed by atoms with Gasteiger partial charge in [0.2, 0.25) is 5.95 Å². The zero-order valence-electron chi connectivity index (χ0n) is 20.5. The smallest absolute Gasteiger partial charge is 0.263 e. The third kappa shape index (κ3) is 6.49. The molecule has 0 bridgehead atoms. The summed E-state index contributed by atoms with van der Waals surface area (Å²) in [5.74, 6) is 0.131. The van der Waals surface area contributed by atoms with Gasteiger partial charge in [-0.25, -0.2) is 15.0 Å². The van der Waals surface area contributed by atoms with Gasteiger partial charge >= 0.3 is 0 Å². The Balaban J connectivity index is 1.79. The summed E-state index contributed by atoms with van der Waals surface area (Å²) in [4.78, 5) is 30.4. The lowest BCUT2D eigenvalue weighted by Crippen LogP contribution is -2.30. The van der Waals surface area contributed by atoms with E-state index >= 15 is 0 Å². The Labute approximate surface area is 209 Å². The number of rotatable bonds is 8. The van der Waals surface area contributed by atoms with Crippen molar-refractivity contribution in [3.8, 4) is 11.3 Å². The van der Waals surface area contributed by atoms with E-state index in [4.69, 9.17) is 5.73 Å². The number of nitrogens with two attached hydrogens (primary N) is 1. The van der Waals surface area contributed by atoms with Crippen LogP contribution in [-0.4, -0.2) is 45.8 Å². The zero-order valence-corrected chi connectivity index (χ0v) is 21.3. The van der Waals surface area contributed by atoms with E-state index in [1.165, 1.54) is 17.5 Å². The van der Waals surface area contributed by atoms with Crippen LogP contribution in [0, 0.1) is 6.92 Å². The molecule has 1 unspecified atom stereocenters. The maximum Gasteiger partial charge on any atom is 0.263 e. The van der Waals surface area contributed by atoms with Crippen LogP contribution < -0.4 is 16.4 Å². The molecule has 0 aliphatic carbocycles. The van der Waals surface area contributed by atoms with Gasteiger partial charge in [-0.05, 0) is 30.2 Å². The SMILES string of the molecule is CN=CC(=CN)Nc1nccc(-c2ccc(C(CO)NC(=O)c3cnc(C(C)(C)C)s3)c(C)c2)n1. The number of nitrogens with zero attached hydrogens (tertiary/aromatic N) is 4. The highest BCUT2D eigenvalue weighted by Crippen LogP contribution is 2.28. The number of aliphatic hydroxyl groups is 1. The number of allylic oxidation sites excluding steroid dienone is 1. The maximum absolute atomic E-state index is 12.8. The topological polar surface area (TPSA) is 138 Å². The standard InChI is InChI=1S/C25H31N7O2S/c1-15-10-16(19-8-9-28-24(32-19)30-17(11-26)12-27-5)6-7-18(15)20(14-33)31-22(34)21-13-29-23(35-21)25(2,3)4/h6-13,20,33H,14,26H2,1-5H3,(H,31,34)(H,28,30,32). The first-order chi connectivity index (χ1) is 16.7. The van der Waals surface area contributed by atoms with Crippen LogP contribution in [0.5, 0.6) is 0 Å². The van der Waals surface area contributed by atoms with Crippen LogP contribution in [0.15, 0.2) is 53.5 Å². The van der Waals surface area contributed by atoms with Crippen molar-refractivity contribution in [1.82, 2.24) is 20.3 Å². The van der Waals surface area contributed by atoms with Gasteiger partial charge in [0, 0.05) is 36.6 Å². The number of amides is 1. The van der Waals surface area contributed by atoms with Gasteiger partial charge in [-0.3, -0.25) is 9.79 Å². The lowest BCUT2D eigenvalue weighted by Gasteiger charge is -2.19. The Morgan fingerprint density at radius 3 is 2.66 bits per heavy atom. The molecule has 0 radical (unpaired) electrons. The number of nitrogens with one attached hydrogen (secondary N) is 2. The Morgan fingerprint density at radius 1 is 1.29 bits per heavy atom. The number of anilines is 1. The summed E-state index contributed by atoms with van der Waals surface area (Å²) in [7, 11) is 1.65. The second-order valence-electron chi connectivity index (χ2n) is 8.96. The largest absolute Gasteiger partial charge is 0.403 e. The fourth-order valence-electron chi connectivity index (χ4n) is 3.37. The number of hydrogen-bond donors (Lipinski definition) is 4. The number of aliphatic imine (C=N–C) groups is 1. The maximum atomic E-state index is 12.8. The average Bonchev–Trinajstić information content (AvgIpc) is 3.34. The van der Waals surface area contributed by atoms with Crippen molar-refractivity contribution in [3.05, 3.63) is 69.6 Å². The van der Waals surface area contributed by atoms with Gasteiger partial charge in [0.1, 0.15) is 4.88 Å². The number of aromatic nitrogens is 3. The third-order valence-corrected chi connectivity index (χ3v) is 6.58. The zero-order chi connectivity index (χ0) is 25.6. The number of aliphatic hydroxyl groups excluding tert-OH is 1. The molecular weight excluding hydrogens is 462 g/mol. The molecule has 0 aliphatic heterocycles. The number of carbonyl (C=O) groups is 1. The summed E-state index contributed by atoms with van der Waals surface area (Å²) < 4.78 is 0. The second kappa shape index (κ2) is 11.2. The van der Waals surface area contributed by atoms with Crippen molar-refractivity contribution in [2.75, 3.05) is 19.0 Å². The minimum absolute atomic E-state index is 0.131. The van der Waals surface area contributed by atoms with Crippen LogP contribution in [0.25, 0.3) is 11.3 Å². The van der Waals surface area contributed by atoms with Crippen LogP contribution in [0.4, 0.5) is 5.95 Å². The molecule has 0 fully saturated rings. The molecule has 1 aromatic carbocycles. The predicted octanol–water partition coefficient (Wildman–Crippen LogP) is 3.58. The van der Waals surface area contributed by atoms with Crippen molar-refractivity contribution in [2.45, 2.75) is 39.2 Å². The van der Waals surface area contributed by atoms with Crippen molar-refractivity contribution in [2.24, 2.45) is 10.7 Å². The second-order valence-corrected chi connectivity index (χ2v) is 9.99. The molecule has 5 N–H and O–H groups in total. The van der Waals surface area contributed by atoms with Crippen LogP contribution >= 0.6 is 11.3 Å². The molecule has 0 spiro atoms. The molecule has 184 valence electrons. The molecular formula is C25H31N7O2S.